The fourth-order valence-corrected chi connectivity index (χ4v) is 7.19. The number of ether oxygens (including phenoxy) is 2. The van der Waals surface area contributed by atoms with Crippen molar-refractivity contribution in [2.75, 3.05) is 14.2 Å². The van der Waals surface area contributed by atoms with Crippen LogP contribution in [0.4, 0.5) is 0 Å². The minimum absolute atomic E-state index is 0.293. The summed E-state index contributed by atoms with van der Waals surface area (Å²) in [5.41, 5.74) is 2.02. The average Bonchev–Trinajstić information content (AvgIpc) is 2.89. The molecule has 0 saturated heterocycles. The van der Waals surface area contributed by atoms with Crippen LogP contribution in [0.2, 0.25) is 0 Å². The zero-order valence-electron chi connectivity index (χ0n) is 15.3. The average molecular weight is 319 g/mol. The Morgan fingerprint density at radius 2 is 1.65 bits per heavy atom. The smallest absolute Gasteiger partial charge is 0.167 e. The van der Waals surface area contributed by atoms with Gasteiger partial charge in [0.1, 0.15) is 0 Å². The first-order valence-electron chi connectivity index (χ1n) is 9.81. The van der Waals surface area contributed by atoms with E-state index in [1.807, 2.05) is 14.2 Å². The normalized spacial score (nSPS) is 48.5. The lowest BCUT2D eigenvalue weighted by molar-refractivity contribution is -0.246. The van der Waals surface area contributed by atoms with Crippen molar-refractivity contribution in [3.8, 4) is 0 Å². The molecule has 4 rings (SSSR count). The van der Waals surface area contributed by atoms with Gasteiger partial charge in [-0.3, -0.25) is 0 Å². The van der Waals surface area contributed by atoms with E-state index in [-0.39, 0.29) is 5.79 Å². The highest BCUT2D eigenvalue weighted by Crippen LogP contribution is 2.64. The van der Waals surface area contributed by atoms with E-state index in [2.05, 4.69) is 13.5 Å². The molecule has 0 amide bonds. The van der Waals surface area contributed by atoms with Crippen molar-refractivity contribution in [1.29, 1.82) is 0 Å². The van der Waals surface area contributed by atoms with Crippen LogP contribution in [-0.2, 0) is 9.47 Å². The Morgan fingerprint density at radius 3 is 2.39 bits per heavy atom. The molecule has 4 saturated carbocycles. The first-order valence-corrected chi connectivity index (χ1v) is 9.81. The van der Waals surface area contributed by atoms with Crippen LogP contribution in [0.3, 0.4) is 0 Å². The fourth-order valence-electron chi connectivity index (χ4n) is 7.19. The molecule has 0 aliphatic heterocycles. The topological polar surface area (TPSA) is 18.5 Å². The Labute approximate surface area is 142 Å². The molecule has 4 fully saturated rings. The minimum atomic E-state index is -0.293. The first-order chi connectivity index (χ1) is 11.0. The van der Waals surface area contributed by atoms with Gasteiger partial charge in [0.2, 0.25) is 0 Å². The number of hydrogen-bond acceptors (Lipinski definition) is 2. The van der Waals surface area contributed by atoms with E-state index >= 15 is 0 Å². The van der Waals surface area contributed by atoms with Gasteiger partial charge in [-0.25, -0.2) is 0 Å². The first kappa shape index (κ1) is 16.1. The number of methoxy groups -OCH3 is 2. The maximum absolute atomic E-state index is 5.78. The summed E-state index contributed by atoms with van der Waals surface area (Å²) in [7, 11) is 3.65. The SMILES string of the molecule is C=C1CC[C@H]2[C@@H]3CC[C@@H]4CC(OC)(OC)CC[C@@H]4[C@H]3CC[C@]12C. The lowest BCUT2D eigenvalue weighted by Gasteiger charge is -2.56. The van der Waals surface area contributed by atoms with Gasteiger partial charge in [-0.2, -0.15) is 0 Å². The van der Waals surface area contributed by atoms with Gasteiger partial charge in [0.15, 0.2) is 5.79 Å². The Morgan fingerprint density at radius 1 is 0.913 bits per heavy atom. The van der Waals surface area contributed by atoms with Crippen LogP contribution in [-0.4, -0.2) is 20.0 Å². The standard InChI is InChI=1S/C21H34O2/c1-14-5-8-19-18-7-6-15-13-21(22-3,23-4)12-10-16(15)17(18)9-11-20(14,19)2/h15-19H,1,5-13H2,2-4H3/t15-,16+,17-,18-,19+,20-/m1/s1. The van der Waals surface area contributed by atoms with E-state index in [9.17, 15) is 0 Å². The fraction of sp³-hybridized carbons (Fsp3) is 0.905. The molecule has 0 aromatic carbocycles. The minimum Gasteiger partial charge on any atom is -0.353 e. The second-order valence-corrected chi connectivity index (χ2v) is 9.10. The van der Waals surface area contributed by atoms with Gasteiger partial charge in [-0.05, 0) is 80.0 Å². The Bertz CT molecular complexity index is 480. The van der Waals surface area contributed by atoms with Gasteiger partial charge in [0.05, 0.1) is 0 Å². The van der Waals surface area contributed by atoms with E-state index in [0.717, 1.165) is 42.4 Å². The van der Waals surface area contributed by atoms with Gasteiger partial charge in [0, 0.05) is 27.1 Å². The van der Waals surface area contributed by atoms with Crippen molar-refractivity contribution < 1.29 is 9.47 Å². The highest BCUT2D eigenvalue weighted by molar-refractivity contribution is 5.20. The van der Waals surface area contributed by atoms with Crippen LogP contribution < -0.4 is 0 Å². The van der Waals surface area contributed by atoms with Crippen molar-refractivity contribution in [3.05, 3.63) is 12.2 Å². The Kier molecular flexibility index (Phi) is 3.93. The second-order valence-electron chi connectivity index (χ2n) is 9.10. The molecule has 2 heteroatoms. The molecular weight excluding hydrogens is 284 g/mol. The molecule has 0 spiro atoms. The van der Waals surface area contributed by atoms with Crippen LogP contribution in [0, 0.1) is 35.0 Å². The van der Waals surface area contributed by atoms with E-state index < -0.39 is 0 Å². The zero-order chi connectivity index (χ0) is 16.2. The molecule has 0 aromatic rings. The monoisotopic (exact) mass is 318 g/mol. The summed E-state index contributed by atoms with van der Waals surface area (Å²) < 4.78 is 11.6. The number of allylic oxidation sites excluding steroid dienone is 1. The van der Waals surface area contributed by atoms with Crippen LogP contribution >= 0.6 is 0 Å². The molecule has 0 radical (unpaired) electrons. The molecule has 23 heavy (non-hydrogen) atoms. The highest BCUT2D eigenvalue weighted by Gasteiger charge is 2.56. The maximum atomic E-state index is 5.78. The summed E-state index contributed by atoms with van der Waals surface area (Å²) in [4.78, 5) is 0. The van der Waals surface area contributed by atoms with Crippen LogP contribution in [0.1, 0.15) is 64.7 Å². The number of fused-ring (bicyclic) bond motifs is 5. The summed E-state index contributed by atoms with van der Waals surface area (Å²) in [6.07, 6.45) is 11.8. The lowest BCUT2D eigenvalue weighted by atomic mass is 9.50. The molecule has 6 atom stereocenters. The molecule has 4 aliphatic rings. The molecular formula is C21H34O2. The Balaban J connectivity index is 1.54. The van der Waals surface area contributed by atoms with Gasteiger partial charge in [-0.1, -0.05) is 19.1 Å². The molecule has 2 nitrogen and oxygen atoms in total. The largest absolute Gasteiger partial charge is 0.353 e. The molecule has 4 aliphatic carbocycles. The van der Waals surface area contributed by atoms with Crippen molar-refractivity contribution in [2.24, 2.45) is 35.0 Å². The summed E-state index contributed by atoms with van der Waals surface area (Å²) in [6, 6.07) is 0. The van der Waals surface area contributed by atoms with E-state index in [0.29, 0.717) is 5.41 Å². The summed E-state index contributed by atoms with van der Waals surface area (Å²) in [5, 5.41) is 0. The number of rotatable bonds is 2. The van der Waals surface area contributed by atoms with Crippen molar-refractivity contribution in [3.63, 3.8) is 0 Å². The third-order valence-electron chi connectivity index (χ3n) is 8.65. The lowest BCUT2D eigenvalue weighted by Crippen LogP contribution is -2.51. The van der Waals surface area contributed by atoms with Crippen molar-refractivity contribution >= 4 is 0 Å². The maximum Gasteiger partial charge on any atom is 0.167 e. The van der Waals surface area contributed by atoms with E-state index in [1.165, 1.54) is 44.9 Å². The van der Waals surface area contributed by atoms with Crippen LogP contribution in [0.25, 0.3) is 0 Å². The van der Waals surface area contributed by atoms with E-state index in [1.54, 1.807) is 5.57 Å². The van der Waals surface area contributed by atoms with Gasteiger partial charge in [-0.15, -0.1) is 0 Å². The van der Waals surface area contributed by atoms with Crippen molar-refractivity contribution in [2.45, 2.75) is 70.5 Å². The predicted octanol–water partition coefficient (Wildman–Crippen LogP) is 5.18. The third-order valence-corrected chi connectivity index (χ3v) is 8.65. The Hall–Kier alpha value is -0.340. The van der Waals surface area contributed by atoms with E-state index in [4.69, 9.17) is 9.47 Å². The van der Waals surface area contributed by atoms with Gasteiger partial charge < -0.3 is 9.47 Å². The summed E-state index contributed by atoms with van der Waals surface area (Å²) in [6.45, 7) is 6.96. The van der Waals surface area contributed by atoms with Crippen molar-refractivity contribution in [1.82, 2.24) is 0 Å². The van der Waals surface area contributed by atoms with Crippen LogP contribution in [0.15, 0.2) is 12.2 Å². The van der Waals surface area contributed by atoms with Gasteiger partial charge in [0.25, 0.3) is 0 Å². The molecule has 0 N–H and O–H groups in total. The predicted molar refractivity (Wildman–Crippen MR) is 93.0 cm³/mol. The quantitative estimate of drug-likeness (QED) is 0.515. The molecule has 130 valence electrons. The zero-order valence-corrected chi connectivity index (χ0v) is 15.3. The number of hydrogen-bond donors (Lipinski definition) is 0. The molecule has 0 aromatic heterocycles. The second kappa shape index (κ2) is 5.59. The molecule has 0 bridgehead atoms. The molecule has 0 heterocycles. The molecule has 0 unspecified atom stereocenters. The highest BCUT2D eigenvalue weighted by atomic mass is 16.7. The van der Waals surface area contributed by atoms with Gasteiger partial charge >= 0.3 is 0 Å². The summed E-state index contributed by atoms with van der Waals surface area (Å²) in [5.74, 6) is 4.30. The third kappa shape index (κ3) is 2.28. The van der Waals surface area contributed by atoms with Crippen LogP contribution in [0.5, 0.6) is 0 Å². The summed E-state index contributed by atoms with van der Waals surface area (Å²) >= 11 is 0.